The van der Waals surface area contributed by atoms with Crippen molar-refractivity contribution in [3.63, 3.8) is 0 Å². The largest absolute Gasteiger partial charge is 0.486 e. The molecule has 2 aliphatic rings. The number of benzene rings is 1. The van der Waals surface area contributed by atoms with Crippen LogP contribution in [-0.4, -0.2) is 65.6 Å². The Labute approximate surface area is 139 Å². The molecule has 0 unspecified atom stereocenters. The first-order valence-electron chi connectivity index (χ1n) is 7.69. The molecule has 0 radical (unpaired) electrons. The molecule has 6 nitrogen and oxygen atoms in total. The van der Waals surface area contributed by atoms with E-state index in [1.165, 1.54) is 0 Å². The smallest absolute Gasteiger partial charge is 0.242 e. The molecule has 1 atom stereocenters. The fourth-order valence-electron chi connectivity index (χ4n) is 2.61. The van der Waals surface area contributed by atoms with Gasteiger partial charge in [0.2, 0.25) is 11.8 Å². The molecule has 1 fully saturated rings. The molecule has 0 bridgehead atoms. The van der Waals surface area contributed by atoms with Gasteiger partial charge < -0.3 is 19.3 Å². The number of hydrogen-bond acceptors (Lipinski definition) is 5. The van der Waals surface area contributed by atoms with Gasteiger partial charge in [0.1, 0.15) is 13.2 Å². The molecule has 0 N–H and O–H groups in total. The summed E-state index contributed by atoms with van der Waals surface area (Å²) in [6.07, 6.45) is -0.197. The third-order valence-electron chi connectivity index (χ3n) is 3.88. The van der Waals surface area contributed by atoms with Crippen LogP contribution < -0.4 is 9.47 Å². The van der Waals surface area contributed by atoms with Crippen molar-refractivity contribution in [2.75, 3.05) is 37.9 Å². The summed E-state index contributed by atoms with van der Waals surface area (Å²) >= 11 is 1.54. The molecule has 2 amide bonds. The van der Waals surface area contributed by atoms with Gasteiger partial charge in [0.05, 0.1) is 18.2 Å². The van der Waals surface area contributed by atoms with Crippen molar-refractivity contribution in [3.8, 4) is 11.5 Å². The van der Waals surface area contributed by atoms with Crippen molar-refractivity contribution in [1.29, 1.82) is 0 Å². The summed E-state index contributed by atoms with van der Waals surface area (Å²) in [4.78, 5) is 27.4. The van der Waals surface area contributed by atoms with Crippen molar-refractivity contribution >= 4 is 23.6 Å². The average Bonchev–Trinajstić information content (AvgIpc) is 2.97. The van der Waals surface area contributed by atoms with Crippen LogP contribution in [0.4, 0.5) is 0 Å². The molecule has 1 aromatic carbocycles. The second kappa shape index (κ2) is 7.12. The van der Waals surface area contributed by atoms with E-state index >= 15 is 0 Å². The van der Waals surface area contributed by atoms with Crippen LogP contribution in [0.2, 0.25) is 0 Å². The first-order valence-corrected chi connectivity index (χ1v) is 8.84. The summed E-state index contributed by atoms with van der Waals surface area (Å²) in [6.45, 7) is 3.52. The monoisotopic (exact) mass is 336 g/mol. The Bertz CT molecular complexity index is 595. The number of carbonyl (C=O) groups is 2. The molecule has 1 aromatic rings. The minimum absolute atomic E-state index is 0.0329. The van der Waals surface area contributed by atoms with Gasteiger partial charge in [-0.25, -0.2) is 0 Å². The third kappa shape index (κ3) is 3.72. The molecule has 2 heterocycles. The van der Waals surface area contributed by atoms with E-state index < -0.39 is 0 Å². The SMILES string of the molecule is CCN(C[C@H]1COc2ccccc2O1)C(=O)CN1CSCC1=O. The Kier molecular flexibility index (Phi) is 4.95. The normalized spacial score (nSPS) is 19.8. The first-order chi connectivity index (χ1) is 11.2. The van der Waals surface area contributed by atoms with Crippen LogP contribution in [-0.2, 0) is 9.59 Å². The number of carbonyl (C=O) groups excluding carboxylic acids is 2. The number of nitrogens with zero attached hydrogens (tertiary/aromatic N) is 2. The Morgan fingerprint density at radius 3 is 2.87 bits per heavy atom. The van der Waals surface area contributed by atoms with Crippen LogP contribution in [0, 0.1) is 0 Å². The second-order valence-electron chi connectivity index (χ2n) is 5.50. The number of amides is 2. The lowest BCUT2D eigenvalue weighted by molar-refractivity contribution is -0.138. The van der Waals surface area contributed by atoms with Gasteiger partial charge in [-0.05, 0) is 19.1 Å². The Morgan fingerprint density at radius 1 is 1.39 bits per heavy atom. The van der Waals surface area contributed by atoms with E-state index in [1.807, 2.05) is 31.2 Å². The van der Waals surface area contributed by atoms with Gasteiger partial charge in [-0.1, -0.05) is 12.1 Å². The van der Waals surface area contributed by atoms with Crippen LogP contribution in [0.25, 0.3) is 0 Å². The number of para-hydroxylation sites is 2. The summed E-state index contributed by atoms with van der Waals surface area (Å²) in [5.74, 6) is 2.49. The highest BCUT2D eigenvalue weighted by atomic mass is 32.2. The van der Waals surface area contributed by atoms with Crippen molar-refractivity contribution in [3.05, 3.63) is 24.3 Å². The topological polar surface area (TPSA) is 59.1 Å². The zero-order valence-corrected chi connectivity index (χ0v) is 13.9. The first kappa shape index (κ1) is 16.0. The van der Waals surface area contributed by atoms with Gasteiger partial charge >= 0.3 is 0 Å². The van der Waals surface area contributed by atoms with Crippen molar-refractivity contribution in [1.82, 2.24) is 9.80 Å². The molecule has 0 saturated carbocycles. The van der Waals surface area contributed by atoms with Gasteiger partial charge in [0.25, 0.3) is 0 Å². The van der Waals surface area contributed by atoms with Crippen LogP contribution in [0.3, 0.4) is 0 Å². The highest BCUT2D eigenvalue weighted by Crippen LogP contribution is 2.31. The second-order valence-corrected chi connectivity index (χ2v) is 6.45. The molecule has 23 heavy (non-hydrogen) atoms. The van der Waals surface area contributed by atoms with Crippen LogP contribution >= 0.6 is 11.8 Å². The molecule has 0 spiro atoms. The maximum atomic E-state index is 12.4. The molecule has 3 rings (SSSR count). The van der Waals surface area contributed by atoms with E-state index in [0.717, 1.165) is 5.75 Å². The fourth-order valence-corrected chi connectivity index (χ4v) is 3.51. The average molecular weight is 336 g/mol. The summed E-state index contributed by atoms with van der Waals surface area (Å²) in [6, 6.07) is 7.52. The lowest BCUT2D eigenvalue weighted by Gasteiger charge is -2.31. The zero-order chi connectivity index (χ0) is 16.2. The minimum Gasteiger partial charge on any atom is -0.486 e. The van der Waals surface area contributed by atoms with E-state index in [1.54, 1.807) is 21.6 Å². The van der Waals surface area contributed by atoms with Crippen LogP contribution in [0.5, 0.6) is 11.5 Å². The van der Waals surface area contributed by atoms with E-state index in [4.69, 9.17) is 9.47 Å². The number of likely N-dealkylation sites (N-methyl/N-ethyl adjacent to an activating group) is 1. The summed E-state index contributed by atoms with van der Waals surface area (Å²) in [5, 5.41) is 0. The van der Waals surface area contributed by atoms with Gasteiger partial charge in [0, 0.05) is 6.54 Å². The Morgan fingerprint density at radius 2 is 2.17 bits per heavy atom. The minimum atomic E-state index is -0.197. The third-order valence-corrected chi connectivity index (χ3v) is 4.82. The molecule has 124 valence electrons. The quantitative estimate of drug-likeness (QED) is 0.809. The van der Waals surface area contributed by atoms with Gasteiger partial charge in [0.15, 0.2) is 17.6 Å². The zero-order valence-electron chi connectivity index (χ0n) is 13.1. The molecule has 0 aliphatic carbocycles. The Balaban J connectivity index is 1.57. The summed E-state index contributed by atoms with van der Waals surface area (Å²) < 4.78 is 11.6. The number of rotatable bonds is 5. The van der Waals surface area contributed by atoms with Gasteiger partial charge in [-0.2, -0.15) is 0 Å². The van der Waals surface area contributed by atoms with Gasteiger partial charge in [-0.15, -0.1) is 11.8 Å². The van der Waals surface area contributed by atoms with E-state index in [-0.39, 0.29) is 24.5 Å². The lowest BCUT2D eigenvalue weighted by atomic mass is 10.2. The van der Waals surface area contributed by atoms with Crippen LogP contribution in [0.1, 0.15) is 6.92 Å². The maximum absolute atomic E-state index is 12.4. The number of hydrogen-bond donors (Lipinski definition) is 0. The highest BCUT2D eigenvalue weighted by molar-refractivity contribution is 8.00. The Hall–Kier alpha value is -1.89. The van der Waals surface area contributed by atoms with Crippen molar-refractivity contribution in [2.24, 2.45) is 0 Å². The molecular weight excluding hydrogens is 316 g/mol. The number of thioether (sulfide) groups is 1. The molecular formula is C16H20N2O4S. The van der Waals surface area contributed by atoms with E-state index in [2.05, 4.69) is 0 Å². The van der Waals surface area contributed by atoms with Crippen LogP contribution in [0.15, 0.2) is 24.3 Å². The van der Waals surface area contributed by atoms with Gasteiger partial charge in [-0.3, -0.25) is 9.59 Å². The standard InChI is InChI=1S/C16H20N2O4S/c1-2-17(15(19)8-18-11-23-10-16(18)20)7-12-9-21-13-5-3-4-6-14(13)22-12/h3-6,12H,2,7-11H2,1H3/t12-/m0/s1. The molecule has 1 saturated heterocycles. The molecule has 7 heteroatoms. The predicted octanol–water partition coefficient (Wildman–Crippen LogP) is 1.21. The predicted molar refractivity (Wildman–Crippen MR) is 87.6 cm³/mol. The summed E-state index contributed by atoms with van der Waals surface area (Å²) in [5.41, 5.74) is 0. The van der Waals surface area contributed by atoms with E-state index in [9.17, 15) is 9.59 Å². The maximum Gasteiger partial charge on any atom is 0.242 e. The number of fused-ring (bicyclic) bond motifs is 1. The molecule has 2 aliphatic heterocycles. The fraction of sp³-hybridized carbons (Fsp3) is 0.500. The van der Waals surface area contributed by atoms with E-state index in [0.29, 0.717) is 37.1 Å². The lowest BCUT2D eigenvalue weighted by Crippen LogP contribution is -2.47. The molecule has 0 aromatic heterocycles. The van der Waals surface area contributed by atoms with Crippen molar-refractivity contribution in [2.45, 2.75) is 13.0 Å². The summed E-state index contributed by atoms with van der Waals surface area (Å²) in [7, 11) is 0. The van der Waals surface area contributed by atoms with Crippen molar-refractivity contribution < 1.29 is 19.1 Å². The highest BCUT2D eigenvalue weighted by Gasteiger charge is 2.28. The number of ether oxygens (including phenoxy) is 2.